The Bertz CT molecular complexity index is 3130. The number of hydrogen-bond donors (Lipinski definition) is 0. The first-order chi connectivity index (χ1) is 28.8. The van der Waals surface area contributed by atoms with Crippen molar-refractivity contribution in [1.29, 1.82) is 0 Å². The van der Waals surface area contributed by atoms with Gasteiger partial charge in [0.05, 0.1) is 16.4 Å². The van der Waals surface area contributed by atoms with Crippen molar-refractivity contribution in [2.45, 2.75) is 0 Å². The third-order valence-corrected chi connectivity index (χ3v) is 11.1. The van der Waals surface area contributed by atoms with E-state index in [0.717, 1.165) is 94.7 Å². The van der Waals surface area contributed by atoms with Gasteiger partial charge in [-0.3, -0.25) is 0 Å². The van der Waals surface area contributed by atoms with Crippen molar-refractivity contribution in [3.63, 3.8) is 0 Å². The van der Waals surface area contributed by atoms with Crippen LogP contribution in [0.2, 0.25) is 0 Å². The zero-order chi connectivity index (χ0) is 38.4. The molecule has 11 rings (SSSR count). The molecule has 0 N–H and O–H groups in total. The van der Waals surface area contributed by atoms with Gasteiger partial charge in [-0.25, -0.2) is 0 Å². The second kappa shape index (κ2) is 14.0. The zero-order valence-corrected chi connectivity index (χ0v) is 31.6. The molecule has 11 aromatic rings. The van der Waals surface area contributed by atoms with Crippen LogP contribution >= 0.6 is 0 Å². The molecule has 0 fully saturated rings. The molecule has 0 aliphatic heterocycles. The predicted octanol–water partition coefficient (Wildman–Crippen LogP) is 15.3. The molecule has 0 atom stereocenters. The van der Waals surface area contributed by atoms with Crippen LogP contribution in [0.1, 0.15) is 0 Å². The number of benzene rings is 9. The Labute approximate surface area is 336 Å². The van der Waals surface area contributed by atoms with Crippen molar-refractivity contribution in [2.24, 2.45) is 0 Å². The van der Waals surface area contributed by atoms with Gasteiger partial charge in [0.2, 0.25) is 0 Å². The molecule has 2 heterocycles. The van der Waals surface area contributed by atoms with Crippen LogP contribution in [0.5, 0.6) is 0 Å². The summed E-state index contributed by atoms with van der Waals surface area (Å²) in [5.41, 5.74) is 13.8. The fourth-order valence-corrected chi connectivity index (χ4v) is 8.54. The Morgan fingerprint density at radius 2 is 0.828 bits per heavy atom. The number of fused-ring (bicyclic) bond motifs is 7. The lowest BCUT2D eigenvalue weighted by atomic mass is 10.0. The minimum absolute atomic E-state index is 0.897. The molecule has 0 radical (unpaired) electrons. The molecule has 4 nitrogen and oxygen atoms in total. The van der Waals surface area contributed by atoms with E-state index in [0.29, 0.717) is 0 Å². The quantitative estimate of drug-likeness (QED) is 0.155. The van der Waals surface area contributed by atoms with Gasteiger partial charge in [0.15, 0.2) is 0 Å². The first kappa shape index (κ1) is 33.5. The predicted molar refractivity (Wildman–Crippen MR) is 243 cm³/mol. The number of hydrogen-bond acceptors (Lipinski definition) is 3. The van der Waals surface area contributed by atoms with Gasteiger partial charge in [-0.05, 0) is 114 Å². The van der Waals surface area contributed by atoms with Crippen molar-refractivity contribution in [2.75, 3.05) is 9.80 Å². The highest BCUT2D eigenvalue weighted by atomic mass is 16.3. The minimum atomic E-state index is 0.897. The van der Waals surface area contributed by atoms with E-state index >= 15 is 0 Å². The largest absolute Gasteiger partial charge is 0.455 e. The molecular weight excluding hydrogens is 707 g/mol. The normalized spacial score (nSPS) is 11.4. The number of nitrogens with zero attached hydrogens (tertiary/aromatic N) is 3. The van der Waals surface area contributed by atoms with Crippen LogP contribution in [-0.4, -0.2) is 4.57 Å². The van der Waals surface area contributed by atoms with E-state index in [4.69, 9.17) is 4.42 Å². The highest BCUT2D eigenvalue weighted by Gasteiger charge is 2.21. The molecular formula is C54H37N3O. The lowest BCUT2D eigenvalue weighted by Crippen LogP contribution is -2.11. The monoisotopic (exact) mass is 743 g/mol. The zero-order valence-electron chi connectivity index (χ0n) is 31.6. The third kappa shape index (κ3) is 5.70. The van der Waals surface area contributed by atoms with E-state index in [-0.39, 0.29) is 0 Å². The van der Waals surface area contributed by atoms with Crippen molar-refractivity contribution in [1.82, 2.24) is 4.57 Å². The fraction of sp³-hybridized carbons (Fsp3) is 0. The number of aromatic nitrogens is 1. The molecule has 0 saturated heterocycles. The first-order valence-electron chi connectivity index (χ1n) is 19.7. The van der Waals surface area contributed by atoms with Gasteiger partial charge >= 0.3 is 0 Å². The standard InChI is InChI=1S/C54H37N3O/c1-5-17-40(18-6-1)55(41-19-7-2-8-20-41)44-31-29-38(30-32-44)39-35-45(56(42-21-9-3-10-22-42)43-23-11-4-12-24-43)37-46(36-39)57-50-27-15-13-26-49(50)53-51(57)34-33-48-47-25-14-16-28-52(47)58-54(48)53/h1-37H. The van der Waals surface area contributed by atoms with E-state index in [1.54, 1.807) is 0 Å². The van der Waals surface area contributed by atoms with E-state index in [1.165, 1.54) is 0 Å². The summed E-state index contributed by atoms with van der Waals surface area (Å²) < 4.78 is 9.06. The maximum absolute atomic E-state index is 6.66. The molecule has 0 amide bonds. The summed E-state index contributed by atoms with van der Waals surface area (Å²) in [6, 6.07) is 79.8. The number of furan rings is 1. The molecule has 0 aliphatic carbocycles. The van der Waals surface area contributed by atoms with Crippen LogP contribution < -0.4 is 9.80 Å². The van der Waals surface area contributed by atoms with Crippen molar-refractivity contribution >= 4 is 77.9 Å². The summed E-state index contributed by atoms with van der Waals surface area (Å²) in [4.78, 5) is 4.65. The van der Waals surface area contributed by atoms with Crippen LogP contribution in [0.4, 0.5) is 34.1 Å². The second-order valence-corrected chi connectivity index (χ2v) is 14.6. The number of para-hydroxylation sites is 6. The summed E-state index contributed by atoms with van der Waals surface area (Å²) in [5, 5.41) is 4.53. The summed E-state index contributed by atoms with van der Waals surface area (Å²) in [5.74, 6) is 0. The lowest BCUT2D eigenvalue weighted by Gasteiger charge is -2.27. The van der Waals surface area contributed by atoms with Crippen molar-refractivity contribution in [3.05, 3.63) is 224 Å². The van der Waals surface area contributed by atoms with Crippen LogP contribution in [0, 0.1) is 0 Å². The van der Waals surface area contributed by atoms with Gasteiger partial charge in [-0.1, -0.05) is 121 Å². The van der Waals surface area contributed by atoms with Crippen molar-refractivity contribution < 1.29 is 4.42 Å². The average molecular weight is 744 g/mol. The molecule has 274 valence electrons. The van der Waals surface area contributed by atoms with Crippen molar-refractivity contribution in [3.8, 4) is 16.8 Å². The van der Waals surface area contributed by atoms with Crippen LogP contribution in [0.3, 0.4) is 0 Å². The van der Waals surface area contributed by atoms with Gasteiger partial charge in [-0.2, -0.15) is 0 Å². The topological polar surface area (TPSA) is 24.6 Å². The molecule has 0 spiro atoms. The molecule has 9 aromatic carbocycles. The average Bonchev–Trinajstić information content (AvgIpc) is 3.84. The van der Waals surface area contributed by atoms with E-state index in [9.17, 15) is 0 Å². The Morgan fingerprint density at radius 3 is 1.43 bits per heavy atom. The molecule has 0 saturated carbocycles. The fourth-order valence-electron chi connectivity index (χ4n) is 8.54. The van der Waals surface area contributed by atoms with Gasteiger partial charge in [0.25, 0.3) is 0 Å². The maximum Gasteiger partial charge on any atom is 0.145 e. The third-order valence-electron chi connectivity index (χ3n) is 11.1. The van der Waals surface area contributed by atoms with E-state index < -0.39 is 0 Å². The molecule has 2 aromatic heterocycles. The minimum Gasteiger partial charge on any atom is -0.455 e. The Hall–Kier alpha value is -7.82. The Morgan fingerprint density at radius 1 is 0.328 bits per heavy atom. The summed E-state index contributed by atoms with van der Waals surface area (Å²) in [6.07, 6.45) is 0. The van der Waals surface area contributed by atoms with Gasteiger partial charge in [-0.15, -0.1) is 0 Å². The van der Waals surface area contributed by atoms with Crippen LogP contribution in [0.15, 0.2) is 229 Å². The first-order valence-corrected chi connectivity index (χ1v) is 19.7. The van der Waals surface area contributed by atoms with Gasteiger partial charge < -0.3 is 18.8 Å². The maximum atomic E-state index is 6.66. The molecule has 58 heavy (non-hydrogen) atoms. The SMILES string of the molecule is c1ccc(N(c2ccccc2)c2ccc(-c3cc(N(c4ccccc4)c4ccccc4)cc(-n4c5ccccc5c5c6oc7ccccc7c6ccc54)c3)cc2)cc1. The molecule has 0 unspecified atom stereocenters. The highest BCUT2D eigenvalue weighted by molar-refractivity contribution is 6.23. The number of rotatable bonds is 8. The van der Waals surface area contributed by atoms with Crippen LogP contribution in [0.25, 0.3) is 60.6 Å². The Kier molecular flexibility index (Phi) is 8.11. The number of anilines is 6. The highest BCUT2D eigenvalue weighted by Crippen LogP contribution is 2.44. The Balaban J connectivity index is 1.15. The smallest absolute Gasteiger partial charge is 0.145 e. The van der Waals surface area contributed by atoms with Gasteiger partial charge in [0.1, 0.15) is 11.2 Å². The van der Waals surface area contributed by atoms with Crippen LogP contribution in [-0.2, 0) is 0 Å². The lowest BCUT2D eigenvalue weighted by molar-refractivity contribution is 0.673. The van der Waals surface area contributed by atoms with Gasteiger partial charge in [0, 0.05) is 56.0 Å². The molecule has 0 aliphatic rings. The van der Waals surface area contributed by atoms with E-state index in [1.807, 2.05) is 6.07 Å². The summed E-state index contributed by atoms with van der Waals surface area (Å²) >= 11 is 0. The van der Waals surface area contributed by atoms with E-state index in [2.05, 4.69) is 233 Å². The second-order valence-electron chi connectivity index (χ2n) is 14.6. The summed E-state index contributed by atoms with van der Waals surface area (Å²) in [7, 11) is 0. The molecule has 4 heteroatoms. The summed E-state index contributed by atoms with van der Waals surface area (Å²) in [6.45, 7) is 0. The molecule has 0 bridgehead atoms.